The van der Waals surface area contributed by atoms with Crippen molar-refractivity contribution >= 4 is 38.7 Å². The number of Topliss-reactive ketones (excluding diaryl/α,β-unsaturated/α-hetero) is 1. The first-order valence-electron chi connectivity index (χ1n) is 10.3. The molecule has 3 aromatic heterocycles. The second kappa shape index (κ2) is 10.5. The molecule has 0 aliphatic rings. The van der Waals surface area contributed by atoms with E-state index in [0.717, 1.165) is 0 Å². The van der Waals surface area contributed by atoms with Gasteiger partial charge in [-0.3, -0.25) is 14.2 Å². The number of aromatic nitrogens is 4. The van der Waals surface area contributed by atoms with Crippen LogP contribution in [0.1, 0.15) is 21.8 Å². The predicted octanol–water partition coefficient (Wildman–Crippen LogP) is 2.62. The van der Waals surface area contributed by atoms with Crippen molar-refractivity contribution in [2.75, 3.05) is 12.4 Å². The summed E-state index contributed by atoms with van der Waals surface area (Å²) in [6, 6.07) is 13.1. The molecule has 0 atom stereocenters. The van der Waals surface area contributed by atoms with Crippen molar-refractivity contribution < 1.29 is 17.9 Å². The van der Waals surface area contributed by atoms with Crippen molar-refractivity contribution in [3.63, 3.8) is 0 Å². The SMILES string of the molecule is NS(=O)(=O)CCOc1cc(-n2ccccc2=O)ccc1-n1cc(CCC(=O)c2ccc(Cl)s2)nn1. The fourth-order valence-electron chi connectivity index (χ4n) is 3.23. The summed E-state index contributed by atoms with van der Waals surface area (Å²) in [5.74, 6) is -0.150. The van der Waals surface area contributed by atoms with Gasteiger partial charge in [-0.05, 0) is 30.3 Å². The number of carbonyl (C=O) groups is 1. The monoisotopic (exact) mass is 533 g/mol. The Hall–Kier alpha value is -3.32. The molecule has 0 amide bonds. The van der Waals surface area contributed by atoms with Crippen LogP contribution in [0.4, 0.5) is 0 Å². The number of ether oxygens (including phenoxy) is 1. The van der Waals surface area contributed by atoms with Crippen molar-refractivity contribution in [2.45, 2.75) is 12.8 Å². The number of rotatable bonds is 10. The van der Waals surface area contributed by atoms with Gasteiger partial charge < -0.3 is 4.74 Å². The molecule has 4 rings (SSSR count). The molecule has 1 aromatic carbocycles. The van der Waals surface area contributed by atoms with E-state index in [2.05, 4.69) is 10.3 Å². The second-order valence-corrected chi connectivity index (χ2v) is 10.9. The zero-order valence-corrected chi connectivity index (χ0v) is 20.6. The number of thiophene rings is 1. The lowest BCUT2D eigenvalue weighted by Crippen LogP contribution is -2.22. The molecular formula is C22H20ClN5O5S2. The number of ketones is 1. The lowest BCUT2D eigenvalue weighted by molar-refractivity contribution is 0.0986. The Labute approximate surface area is 209 Å². The number of pyridine rings is 1. The Balaban J connectivity index is 1.58. The molecule has 0 aliphatic heterocycles. The number of halogens is 1. The van der Waals surface area contributed by atoms with Crippen LogP contribution in [0, 0.1) is 0 Å². The highest BCUT2D eigenvalue weighted by Gasteiger charge is 2.15. The molecule has 182 valence electrons. The number of hydrogen-bond acceptors (Lipinski definition) is 8. The van der Waals surface area contributed by atoms with Gasteiger partial charge in [0, 0.05) is 31.2 Å². The normalized spacial score (nSPS) is 11.5. The summed E-state index contributed by atoms with van der Waals surface area (Å²) in [6.45, 7) is -0.196. The Kier molecular flexibility index (Phi) is 7.45. The summed E-state index contributed by atoms with van der Waals surface area (Å²) in [5, 5.41) is 13.3. The maximum Gasteiger partial charge on any atom is 0.255 e. The standard InChI is InChI=1S/C22H20ClN5O5S2/c23-21-9-8-20(34-21)18(29)7-4-15-14-28(26-25-15)17-6-5-16(27-10-2-1-3-22(27)30)13-19(17)33-11-12-35(24,31)32/h1-3,5-6,8-10,13-14H,4,7,11-12H2,(H2,24,31,32). The summed E-state index contributed by atoms with van der Waals surface area (Å²) in [5.41, 5.74) is 1.34. The number of nitrogens with zero attached hydrogens (tertiary/aromatic N) is 4. The molecule has 0 radical (unpaired) electrons. The molecule has 0 fully saturated rings. The van der Waals surface area contributed by atoms with Gasteiger partial charge in [0.25, 0.3) is 5.56 Å². The molecule has 13 heteroatoms. The van der Waals surface area contributed by atoms with Gasteiger partial charge in [-0.2, -0.15) is 0 Å². The van der Waals surface area contributed by atoms with Crippen LogP contribution in [0.2, 0.25) is 4.34 Å². The topological polar surface area (TPSA) is 139 Å². The van der Waals surface area contributed by atoms with Crippen molar-refractivity contribution in [1.82, 2.24) is 19.6 Å². The molecule has 0 saturated carbocycles. The number of carbonyl (C=O) groups excluding carboxylic acids is 1. The summed E-state index contributed by atoms with van der Waals surface area (Å²) >= 11 is 7.12. The van der Waals surface area contributed by atoms with Gasteiger partial charge in [-0.15, -0.1) is 16.4 Å². The van der Waals surface area contributed by atoms with Gasteiger partial charge >= 0.3 is 0 Å². The van der Waals surface area contributed by atoms with E-state index in [-0.39, 0.29) is 35.9 Å². The van der Waals surface area contributed by atoms with Gasteiger partial charge in [0.1, 0.15) is 18.0 Å². The average Bonchev–Trinajstić information content (AvgIpc) is 3.46. The van der Waals surface area contributed by atoms with Crippen LogP contribution in [0.25, 0.3) is 11.4 Å². The van der Waals surface area contributed by atoms with Crippen LogP contribution < -0.4 is 15.4 Å². The zero-order valence-electron chi connectivity index (χ0n) is 18.2. The minimum absolute atomic E-state index is 0.0406. The number of aryl methyl sites for hydroxylation is 1. The Morgan fingerprint density at radius 1 is 1.17 bits per heavy atom. The molecule has 0 aliphatic carbocycles. The minimum atomic E-state index is -3.73. The number of nitrogens with two attached hydrogens (primary N) is 1. The van der Waals surface area contributed by atoms with Gasteiger partial charge in [0.15, 0.2) is 5.78 Å². The Bertz CT molecular complexity index is 1530. The van der Waals surface area contributed by atoms with Crippen LogP contribution in [-0.4, -0.2) is 46.1 Å². The summed E-state index contributed by atoms with van der Waals surface area (Å²) in [4.78, 5) is 25.2. The fraction of sp³-hybridized carbons (Fsp3) is 0.182. The van der Waals surface area contributed by atoms with Crippen LogP contribution in [0.15, 0.2) is 65.7 Å². The van der Waals surface area contributed by atoms with Gasteiger partial charge in [-0.25, -0.2) is 18.2 Å². The lowest BCUT2D eigenvalue weighted by Gasteiger charge is -2.13. The fourth-order valence-corrected chi connectivity index (χ4v) is 4.55. The highest BCUT2D eigenvalue weighted by Crippen LogP contribution is 2.26. The molecule has 0 bridgehead atoms. The Morgan fingerprint density at radius 2 is 2.00 bits per heavy atom. The smallest absolute Gasteiger partial charge is 0.255 e. The molecule has 35 heavy (non-hydrogen) atoms. The number of sulfonamides is 1. The second-order valence-electron chi connectivity index (χ2n) is 7.46. The molecule has 0 unspecified atom stereocenters. The first kappa shape index (κ1) is 24.8. The van der Waals surface area contributed by atoms with Crippen molar-refractivity contribution in [3.8, 4) is 17.1 Å². The third-order valence-corrected chi connectivity index (χ3v) is 6.92. The lowest BCUT2D eigenvalue weighted by atomic mass is 10.1. The predicted molar refractivity (Wildman–Crippen MR) is 132 cm³/mol. The first-order chi connectivity index (χ1) is 16.7. The number of primary sulfonamides is 1. The molecule has 3 heterocycles. The van der Waals surface area contributed by atoms with Gasteiger partial charge in [0.2, 0.25) is 10.0 Å². The van der Waals surface area contributed by atoms with Crippen molar-refractivity contribution in [2.24, 2.45) is 5.14 Å². The molecule has 10 nitrogen and oxygen atoms in total. The first-order valence-corrected chi connectivity index (χ1v) is 13.3. The molecular weight excluding hydrogens is 514 g/mol. The van der Waals surface area contributed by atoms with Gasteiger partial charge in [-0.1, -0.05) is 22.9 Å². The van der Waals surface area contributed by atoms with Gasteiger partial charge in [0.05, 0.1) is 32.5 Å². The number of hydrogen-bond donors (Lipinski definition) is 1. The van der Waals surface area contributed by atoms with Crippen molar-refractivity contribution in [1.29, 1.82) is 0 Å². The summed E-state index contributed by atoms with van der Waals surface area (Å²) < 4.78 is 31.8. The average molecular weight is 534 g/mol. The van der Waals surface area contributed by atoms with Crippen LogP contribution >= 0.6 is 22.9 Å². The van der Waals surface area contributed by atoms with E-state index >= 15 is 0 Å². The Morgan fingerprint density at radius 3 is 2.71 bits per heavy atom. The summed E-state index contributed by atoms with van der Waals surface area (Å²) in [6.07, 6.45) is 3.87. The van der Waals surface area contributed by atoms with E-state index in [1.165, 1.54) is 26.7 Å². The van der Waals surface area contributed by atoms with E-state index in [1.54, 1.807) is 54.9 Å². The minimum Gasteiger partial charge on any atom is -0.490 e. The largest absolute Gasteiger partial charge is 0.490 e. The van der Waals surface area contributed by atoms with E-state index in [1.807, 2.05) is 0 Å². The molecule has 4 aromatic rings. The maximum absolute atomic E-state index is 12.4. The van der Waals surface area contributed by atoms with Crippen LogP contribution in [-0.2, 0) is 16.4 Å². The number of benzene rings is 1. The zero-order chi connectivity index (χ0) is 25.0. The van der Waals surface area contributed by atoms with E-state index < -0.39 is 10.0 Å². The molecule has 2 N–H and O–H groups in total. The molecule has 0 spiro atoms. The third-order valence-electron chi connectivity index (χ3n) is 4.91. The van der Waals surface area contributed by atoms with Crippen LogP contribution in [0.5, 0.6) is 5.75 Å². The highest BCUT2D eigenvalue weighted by atomic mass is 35.5. The van der Waals surface area contributed by atoms with E-state index in [9.17, 15) is 18.0 Å². The maximum atomic E-state index is 12.4. The van der Waals surface area contributed by atoms with Crippen LogP contribution in [0.3, 0.4) is 0 Å². The quantitative estimate of drug-likeness (QED) is 0.309. The highest BCUT2D eigenvalue weighted by molar-refractivity contribution is 7.89. The van der Waals surface area contributed by atoms with E-state index in [4.69, 9.17) is 21.5 Å². The third kappa shape index (κ3) is 6.42. The summed E-state index contributed by atoms with van der Waals surface area (Å²) in [7, 11) is -3.73. The van der Waals surface area contributed by atoms with E-state index in [0.29, 0.717) is 32.7 Å². The van der Waals surface area contributed by atoms with Crippen molar-refractivity contribution in [3.05, 3.63) is 86.2 Å². The molecule has 0 saturated heterocycles.